The van der Waals surface area contributed by atoms with Crippen LogP contribution in [0.2, 0.25) is 0 Å². The van der Waals surface area contributed by atoms with Gasteiger partial charge in [-0.25, -0.2) is 0 Å². The van der Waals surface area contributed by atoms with Crippen molar-refractivity contribution in [1.82, 2.24) is 4.98 Å². The van der Waals surface area contributed by atoms with Gasteiger partial charge in [-0.05, 0) is 22.0 Å². The molecule has 0 fully saturated rings. The lowest BCUT2D eigenvalue weighted by Crippen LogP contribution is -2.13. The normalized spacial score (nSPS) is 9.55. The highest BCUT2D eigenvalue weighted by Gasteiger charge is 2.09. The summed E-state index contributed by atoms with van der Waals surface area (Å²) in [6.45, 7) is 0. The molecule has 2 radical (unpaired) electrons. The number of pyridine rings is 1. The molecule has 1 heterocycles. The zero-order chi connectivity index (χ0) is 8.43. The molecule has 1 aromatic rings. The van der Waals surface area contributed by atoms with Crippen LogP contribution >= 0.6 is 15.9 Å². The monoisotopic (exact) mass is 212 g/mol. The minimum Gasteiger partial charge on any atom is -0.258 e. The first kappa shape index (κ1) is 8.19. The van der Waals surface area contributed by atoms with Crippen LogP contribution in [0.15, 0.2) is 16.7 Å². The number of halogens is 1. The molecule has 0 atom stereocenters. The van der Waals surface area contributed by atoms with E-state index < -0.39 is 4.92 Å². The Morgan fingerprint density at radius 3 is 2.73 bits per heavy atom. The highest BCUT2D eigenvalue weighted by molar-refractivity contribution is 9.10. The van der Waals surface area contributed by atoms with Gasteiger partial charge < -0.3 is 0 Å². The number of hydrogen-bond donors (Lipinski definition) is 0. The summed E-state index contributed by atoms with van der Waals surface area (Å²) in [6, 6.07) is 2.76. The van der Waals surface area contributed by atoms with Gasteiger partial charge in [-0.2, -0.15) is 0 Å². The summed E-state index contributed by atoms with van der Waals surface area (Å²) in [6.07, 6.45) is 0. The molecule has 4 nitrogen and oxygen atoms in total. The molecule has 0 bridgehead atoms. The SMILES string of the molecule is [B]c1nc(Br)ccc1[N+](=O)[O-]. The van der Waals surface area contributed by atoms with Crippen LogP contribution in [0.5, 0.6) is 0 Å². The smallest absolute Gasteiger partial charge is 0.258 e. The van der Waals surface area contributed by atoms with E-state index in [2.05, 4.69) is 20.9 Å². The Balaban J connectivity index is 3.20. The molecule has 1 aromatic heterocycles. The molecule has 0 saturated carbocycles. The van der Waals surface area contributed by atoms with Crippen molar-refractivity contribution in [2.45, 2.75) is 0 Å². The van der Waals surface area contributed by atoms with Gasteiger partial charge in [0.15, 0.2) is 7.85 Å². The van der Waals surface area contributed by atoms with Gasteiger partial charge in [0.1, 0.15) is 4.60 Å². The fraction of sp³-hybridized carbons (Fsp3) is 0. The van der Waals surface area contributed by atoms with Crippen molar-refractivity contribution in [3.63, 3.8) is 0 Å². The van der Waals surface area contributed by atoms with Crippen LogP contribution in [0.4, 0.5) is 5.69 Å². The van der Waals surface area contributed by atoms with E-state index in [1.165, 1.54) is 12.1 Å². The maximum absolute atomic E-state index is 10.2. The summed E-state index contributed by atoms with van der Waals surface area (Å²) in [5, 5.41) is 10.2. The molecule has 0 saturated heterocycles. The minimum atomic E-state index is -0.575. The van der Waals surface area contributed by atoms with Gasteiger partial charge in [0, 0.05) is 6.07 Å². The van der Waals surface area contributed by atoms with Gasteiger partial charge in [0.05, 0.1) is 10.5 Å². The van der Waals surface area contributed by atoms with Crippen molar-refractivity contribution in [1.29, 1.82) is 0 Å². The maximum Gasteiger partial charge on any atom is 0.279 e. The molecular weight excluding hydrogens is 211 g/mol. The molecule has 0 amide bonds. The van der Waals surface area contributed by atoms with E-state index >= 15 is 0 Å². The summed E-state index contributed by atoms with van der Waals surface area (Å²) >= 11 is 3.03. The molecule has 0 unspecified atom stereocenters. The Morgan fingerprint density at radius 1 is 1.64 bits per heavy atom. The van der Waals surface area contributed by atoms with E-state index in [0.717, 1.165) is 0 Å². The molecule has 6 heteroatoms. The van der Waals surface area contributed by atoms with Gasteiger partial charge in [-0.1, -0.05) is 0 Å². The van der Waals surface area contributed by atoms with E-state index in [-0.39, 0.29) is 11.3 Å². The molecule has 11 heavy (non-hydrogen) atoms. The topological polar surface area (TPSA) is 56.0 Å². The first-order chi connectivity index (χ1) is 5.11. The number of rotatable bonds is 1. The van der Waals surface area contributed by atoms with Gasteiger partial charge in [0.2, 0.25) is 0 Å². The second-order valence-corrected chi connectivity index (χ2v) is 2.61. The molecule has 0 aliphatic heterocycles. The van der Waals surface area contributed by atoms with Crippen LogP contribution in [0, 0.1) is 10.1 Å². The molecule has 1 rings (SSSR count). The lowest BCUT2D eigenvalue weighted by molar-refractivity contribution is -0.383. The Kier molecular flexibility index (Phi) is 2.23. The van der Waals surface area contributed by atoms with Gasteiger partial charge in [0.25, 0.3) is 5.69 Å². The molecule has 54 valence electrons. The van der Waals surface area contributed by atoms with E-state index in [1.807, 2.05) is 0 Å². The summed E-state index contributed by atoms with van der Waals surface area (Å²) in [5.74, 6) is 0. The summed E-state index contributed by atoms with van der Waals surface area (Å²) in [5.41, 5.74) is -0.252. The van der Waals surface area contributed by atoms with Gasteiger partial charge in [-0.3, -0.25) is 15.1 Å². The first-order valence-corrected chi connectivity index (χ1v) is 3.47. The van der Waals surface area contributed by atoms with Crippen molar-refractivity contribution < 1.29 is 4.92 Å². The molecule has 0 aliphatic rings. The Morgan fingerprint density at radius 2 is 2.27 bits per heavy atom. The average Bonchev–Trinajstić information content (AvgIpc) is 1.85. The van der Waals surface area contributed by atoms with Gasteiger partial charge >= 0.3 is 0 Å². The fourth-order valence-electron chi connectivity index (χ4n) is 0.597. The molecule has 0 N–H and O–H groups in total. The third kappa shape index (κ3) is 1.77. The van der Waals surface area contributed by atoms with Crippen molar-refractivity contribution >= 4 is 35.1 Å². The summed E-state index contributed by atoms with van der Waals surface area (Å²) < 4.78 is 0.487. The predicted octanol–water partition coefficient (Wildman–Crippen LogP) is 0.546. The lowest BCUT2D eigenvalue weighted by Gasteiger charge is -1.95. The second-order valence-electron chi connectivity index (χ2n) is 1.80. The largest absolute Gasteiger partial charge is 0.279 e. The fourth-order valence-corrected chi connectivity index (χ4v) is 0.920. The maximum atomic E-state index is 10.2. The second kappa shape index (κ2) is 3.00. The van der Waals surface area contributed by atoms with Gasteiger partial charge in [-0.15, -0.1) is 0 Å². The zero-order valence-electron chi connectivity index (χ0n) is 5.32. The quantitative estimate of drug-likeness (QED) is 0.296. The minimum absolute atomic E-state index is 0.0793. The van der Waals surface area contributed by atoms with Crippen LogP contribution in [-0.2, 0) is 0 Å². The first-order valence-electron chi connectivity index (χ1n) is 2.67. The van der Waals surface area contributed by atoms with Crippen LogP contribution in [0.1, 0.15) is 0 Å². The number of nitrogens with zero attached hydrogens (tertiary/aromatic N) is 2. The van der Waals surface area contributed by atoms with Crippen LogP contribution in [0.25, 0.3) is 0 Å². The van der Waals surface area contributed by atoms with Crippen LogP contribution in [0.3, 0.4) is 0 Å². The van der Waals surface area contributed by atoms with Crippen molar-refractivity contribution in [2.24, 2.45) is 0 Å². The Labute approximate surface area is 72.3 Å². The summed E-state index contributed by atoms with van der Waals surface area (Å²) in [4.78, 5) is 13.3. The van der Waals surface area contributed by atoms with Crippen LogP contribution < -0.4 is 5.59 Å². The Bertz CT molecular complexity index is 305. The van der Waals surface area contributed by atoms with E-state index in [9.17, 15) is 10.1 Å². The van der Waals surface area contributed by atoms with Crippen molar-refractivity contribution in [3.05, 3.63) is 26.9 Å². The van der Waals surface area contributed by atoms with E-state index in [0.29, 0.717) is 4.60 Å². The summed E-state index contributed by atoms with van der Waals surface area (Å²) in [7, 11) is 5.24. The third-order valence-corrected chi connectivity index (χ3v) is 1.51. The lowest BCUT2D eigenvalue weighted by atomic mass is 10.0. The predicted molar refractivity (Wildman–Crippen MR) is 44.0 cm³/mol. The molecule has 0 aromatic carbocycles. The Hall–Kier alpha value is -0.905. The number of aromatic nitrogens is 1. The van der Waals surface area contributed by atoms with Crippen LogP contribution in [-0.4, -0.2) is 17.8 Å². The number of hydrogen-bond acceptors (Lipinski definition) is 3. The van der Waals surface area contributed by atoms with E-state index in [1.54, 1.807) is 0 Å². The molecular formula is C5H2BBrN2O2. The van der Waals surface area contributed by atoms with E-state index in [4.69, 9.17) is 7.85 Å². The van der Waals surface area contributed by atoms with Crippen molar-refractivity contribution in [2.75, 3.05) is 0 Å². The third-order valence-electron chi connectivity index (χ3n) is 1.07. The van der Waals surface area contributed by atoms with Crippen molar-refractivity contribution in [3.8, 4) is 0 Å². The molecule has 0 spiro atoms. The zero-order valence-corrected chi connectivity index (χ0v) is 6.91. The average molecular weight is 213 g/mol. The molecule has 0 aliphatic carbocycles. The standard InChI is InChI=1S/C5H2BBrN2O2/c6-5-3(9(10)11)1-2-4(7)8-5/h1-2H. The number of nitro groups is 1. The highest BCUT2D eigenvalue weighted by Crippen LogP contribution is 2.09. The highest BCUT2D eigenvalue weighted by atomic mass is 79.9.